The fourth-order valence-electron chi connectivity index (χ4n) is 2.10. The lowest BCUT2D eigenvalue weighted by atomic mass is 9.93. The van der Waals surface area contributed by atoms with E-state index in [9.17, 15) is 5.11 Å². The third-order valence-electron chi connectivity index (χ3n) is 3.35. The number of phenols is 1. The lowest BCUT2D eigenvalue weighted by Crippen LogP contribution is -2.34. The van der Waals surface area contributed by atoms with E-state index in [1.807, 2.05) is 6.07 Å². The molecule has 1 saturated carbocycles. The Kier molecular flexibility index (Phi) is 2.58. The van der Waals surface area contributed by atoms with Crippen molar-refractivity contribution in [3.63, 3.8) is 0 Å². The van der Waals surface area contributed by atoms with Crippen LogP contribution in [0.5, 0.6) is 5.75 Å². The number of thiophene rings is 1. The highest BCUT2D eigenvalue weighted by Gasteiger charge is 2.17. The molecule has 2 nitrogen and oxygen atoms in total. The summed E-state index contributed by atoms with van der Waals surface area (Å²) in [5, 5.41) is 16.6. The van der Waals surface area contributed by atoms with Crippen molar-refractivity contribution in [2.24, 2.45) is 0 Å². The third kappa shape index (κ3) is 1.70. The molecule has 3 rings (SSSR count). The van der Waals surface area contributed by atoms with E-state index in [4.69, 9.17) is 0 Å². The van der Waals surface area contributed by atoms with Gasteiger partial charge >= 0.3 is 0 Å². The summed E-state index contributed by atoms with van der Waals surface area (Å²) in [4.78, 5) is 0. The highest BCUT2D eigenvalue weighted by molar-refractivity contribution is 7.17. The quantitative estimate of drug-likeness (QED) is 0.853. The fraction of sp³-hybridized carbons (Fsp3) is 0.385. The van der Waals surface area contributed by atoms with Crippen molar-refractivity contribution in [2.75, 3.05) is 0 Å². The number of nitrogens with one attached hydrogen (secondary N) is 1. The summed E-state index contributed by atoms with van der Waals surface area (Å²) in [7, 11) is 0. The molecule has 1 heterocycles. The van der Waals surface area contributed by atoms with Crippen LogP contribution in [0.2, 0.25) is 0 Å². The van der Waals surface area contributed by atoms with Crippen LogP contribution >= 0.6 is 11.3 Å². The van der Waals surface area contributed by atoms with Gasteiger partial charge in [0.25, 0.3) is 0 Å². The van der Waals surface area contributed by atoms with E-state index < -0.39 is 0 Å². The molecule has 1 fully saturated rings. The molecule has 0 unspecified atom stereocenters. The molecule has 1 aromatic carbocycles. The zero-order valence-corrected chi connectivity index (χ0v) is 9.89. The summed E-state index contributed by atoms with van der Waals surface area (Å²) in [5.41, 5.74) is 1.31. The first-order valence-electron chi connectivity index (χ1n) is 5.76. The number of benzene rings is 1. The average molecular weight is 233 g/mol. The van der Waals surface area contributed by atoms with Gasteiger partial charge in [-0.15, -0.1) is 11.3 Å². The van der Waals surface area contributed by atoms with Crippen molar-refractivity contribution in [3.8, 4) is 5.75 Å². The molecule has 0 spiro atoms. The third-order valence-corrected chi connectivity index (χ3v) is 4.41. The van der Waals surface area contributed by atoms with Gasteiger partial charge in [-0.3, -0.25) is 0 Å². The van der Waals surface area contributed by atoms with Crippen LogP contribution in [0.4, 0.5) is 0 Å². The first-order chi connectivity index (χ1) is 7.84. The smallest absolute Gasteiger partial charge is 0.133 e. The molecule has 0 atom stereocenters. The van der Waals surface area contributed by atoms with Gasteiger partial charge < -0.3 is 10.4 Å². The minimum Gasteiger partial charge on any atom is -0.506 e. The Morgan fingerprint density at radius 1 is 1.38 bits per heavy atom. The molecule has 1 aromatic heterocycles. The number of hydrogen-bond donors (Lipinski definition) is 2. The fourth-order valence-corrected chi connectivity index (χ4v) is 3.08. The van der Waals surface area contributed by atoms with Crippen LogP contribution in [0.15, 0.2) is 23.6 Å². The monoisotopic (exact) mass is 233 g/mol. The molecule has 1 aliphatic carbocycles. The molecule has 0 aliphatic heterocycles. The van der Waals surface area contributed by atoms with Crippen molar-refractivity contribution < 1.29 is 5.11 Å². The van der Waals surface area contributed by atoms with Gasteiger partial charge in [0, 0.05) is 18.0 Å². The molecule has 2 aromatic rings. The van der Waals surface area contributed by atoms with Crippen LogP contribution in [-0.4, -0.2) is 11.1 Å². The topological polar surface area (TPSA) is 32.3 Å². The van der Waals surface area contributed by atoms with Crippen molar-refractivity contribution in [1.82, 2.24) is 5.32 Å². The molecule has 84 valence electrons. The molecule has 0 amide bonds. The van der Waals surface area contributed by atoms with E-state index in [0.29, 0.717) is 11.8 Å². The Bertz CT molecular complexity index is 502. The van der Waals surface area contributed by atoms with Crippen LogP contribution in [0.3, 0.4) is 0 Å². The second-order valence-corrected chi connectivity index (χ2v) is 5.30. The maximum atomic E-state index is 9.71. The summed E-state index contributed by atoms with van der Waals surface area (Å²) >= 11 is 1.63. The van der Waals surface area contributed by atoms with Gasteiger partial charge in [-0.1, -0.05) is 18.6 Å². The molecular weight excluding hydrogens is 218 g/mol. The van der Waals surface area contributed by atoms with Crippen LogP contribution in [0, 0.1) is 0 Å². The Hall–Kier alpha value is -1.06. The average Bonchev–Trinajstić information content (AvgIpc) is 2.61. The van der Waals surface area contributed by atoms with E-state index in [1.165, 1.54) is 30.2 Å². The lowest BCUT2D eigenvalue weighted by Gasteiger charge is -2.26. The number of rotatable bonds is 3. The molecule has 3 heteroatoms. The summed E-state index contributed by atoms with van der Waals surface area (Å²) < 4.78 is 1.01. The molecule has 0 radical (unpaired) electrons. The summed E-state index contributed by atoms with van der Waals surface area (Å²) in [5.74, 6) is 0.400. The van der Waals surface area contributed by atoms with E-state index in [-0.39, 0.29) is 0 Å². The van der Waals surface area contributed by atoms with Crippen molar-refractivity contribution in [3.05, 3.63) is 29.1 Å². The van der Waals surface area contributed by atoms with Crippen LogP contribution in [0.1, 0.15) is 24.8 Å². The first-order valence-corrected chi connectivity index (χ1v) is 6.64. The molecular formula is C13H15NOS. The Balaban J connectivity index is 1.83. The van der Waals surface area contributed by atoms with Gasteiger partial charge in [0.05, 0.1) is 4.70 Å². The van der Waals surface area contributed by atoms with Crippen LogP contribution in [-0.2, 0) is 6.54 Å². The van der Waals surface area contributed by atoms with Crippen molar-refractivity contribution in [1.29, 1.82) is 0 Å². The summed E-state index contributed by atoms with van der Waals surface area (Å²) in [6.45, 7) is 0.925. The molecule has 1 aliphatic rings. The number of fused-ring (bicyclic) bond motifs is 1. The van der Waals surface area contributed by atoms with Gasteiger partial charge in [-0.2, -0.15) is 0 Å². The standard InChI is InChI=1S/C13H15NOS/c15-12-6-2-5-11-9(8-16-13(11)12)7-14-10-3-1-4-10/h2,5-6,8,10,14-15H,1,3-4,7H2. The Morgan fingerprint density at radius 3 is 3.00 bits per heavy atom. The van der Waals surface area contributed by atoms with Gasteiger partial charge in [0.15, 0.2) is 0 Å². The maximum Gasteiger partial charge on any atom is 0.133 e. The highest BCUT2D eigenvalue weighted by Crippen LogP contribution is 2.33. The molecule has 16 heavy (non-hydrogen) atoms. The van der Waals surface area contributed by atoms with E-state index >= 15 is 0 Å². The zero-order chi connectivity index (χ0) is 11.0. The molecule has 2 N–H and O–H groups in total. The van der Waals surface area contributed by atoms with E-state index in [0.717, 1.165) is 11.2 Å². The van der Waals surface area contributed by atoms with Gasteiger partial charge in [-0.25, -0.2) is 0 Å². The predicted molar refractivity (Wildman–Crippen MR) is 68.0 cm³/mol. The molecule has 0 saturated heterocycles. The number of aromatic hydroxyl groups is 1. The number of phenolic OH excluding ortho intramolecular Hbond substituents is 1. The SMILES string of the molecule is Oc1cccc2c(CNC3CCC3)csc12. The highest BCUT2D eigenvalue weighted by atomic mass is 32.1. The second kappa shape index (κ2) is 4.07. The molecule has 0 bridgehead atoms. The van der Waals surface area contributed by atoms with Crippen LogP contribution < -0.4 is 5.32 Å². The lowest BCUT2D eigenvalue weighted by molar-refractivity contribution is 0.339. The zero-order valence-electron chi connectivity index (χ0n) is 9.07. The van der Waals surface area contributed by atoms with Crippen LogP contribution in [0.25, 0.3) is 10.1 Å². The van der Waals surface area contributed by atoms with Gasteiger partial charge in [0.1, 0.15) is 5.75 Å². The maximum absolute atomic E-state index is 9.71. The van der Waals surface area contributed by atoms with Crippen molar-refractivity contribution >= 4 is 21.4 Å². The largest absolute Gasteiger partial charge is 0.506 e. The minimum atomic E-state index is 0.400. The summed E-state index contributed by atoms with van der Waals surface area (Å²) in [6.07, 6.45) is 3.99. The normalized spacial score (nSPS) is 16.5. The van der Waals surface area contributed by atoms with E-state index in [1.54, 1.807) is 17.4 Å². The van der Waals surface area contributed by atoms with Gasteiger partial charge in [-0.05, 0) is 29.9 Å². The summed E-state index contributed by atoms with van der Waals surface area (Å²) in [6, 6.07) is 6.47. The Labute approximate surface area is 98.9 Å². The first kappa shape index (κ1) is 10.1. The minimum absolute atomic E-state index is 0.400. The van der Waals surface area contributed by atoms with Crippen molar-refractivity contribution in [2.45, 2.75) is 31.8 Å². The predicted octanol–water partition coefficient (Wildman–Crippen LogP) is 3.25. The number of hydrogen-bond acceptors (Lipinski definition) is 3. The van der Waals surface area contributed by atoms with Gasteiger partial charge in [0.2, 0.25) is 0 Å². The van der Waals surface area contributed by atoms with E-state index in [2.05, 4.69) is 16.8 Å². The second-order valence-electron chi connectivity index (χ2n) is 4.42. The Morgan fingerprint density at radius 2 is 2.25 bits per heavy atom.